The van der Waals surface area contributed by atoms with Crippen molar-refractivity contribution in [1.29, 1.82) is 0 Å². The topological polar surface area (TPSA) is 35.9 Å². The van der Waals surface area contributed by atoms with Gasteiger partial charge in [-0.15, -0.1) is 0 Å². The molecule has 0 radical (unpaired) electrons. The van der Waals surface area contributed by atoms with E-state index in [-0.39, 0.29) is 11.2 Å². The van der Waals surface area contributed by atoms with Gasteiger partial charge in [0.2, 0.25) is 0 Å². The molecule has 10 aromatic rings. The van der Waals surface area contributed by atoms with E-state index in [0.717, 1.165) is 78.6 Å². The first kappa shape index (κ1) is 36.7. The number of phenolic OH excluding ortho intramolecular Hbond substituents is 1. The second-order valence-electron chi connectivity index (χ2n) is 17.1. The van der Waals surface area contributed by atoms with Crippen LogP contribution >= 0.6 is 0 Å². The van der Waals surface area contributed by atoms with Crippen molar-refractivity contribution in [3.8, 4) is 50.6 Å². The van der Waals surface area contributed by atoms with E-state index in [9.17, 15) is 5.11 Å². The molecule has 2 aliphatic rings. The first-order chi connectivity index (χ1) is 30.9. The predicted molar refractivity (Wildman–Crippen MR) is 261 cm³/mol. The molecule has 300 valence electrons. The van der Waals surface area contributed by atoms with Gasteiger partial charge in [0.25, 0.3) is 0 Å². The summed E-state index contributed by atoms with van der Waals surface area (Å²) in [6, 6.07) is 74.6. The van der Waals surface area contributed by atoms with Gasteiger partial charge in [-0.2, -0.15) is 0 Å². The average Bonchev–Trinajstić information content (AvgIpc) is 3.55. The van der Waals surface area contributed by atoms with Crippen molar-refractivity contribution < 1.29 is 9.84 Å². The lowest BCUT2D eigenvalue weighted by atomic mass is 9.82. The quantitative estimate of drug-likeness (QED) is 0.174. The third-order valence-corrected chi connectivity index (χ3v) is 13.1. The standard InChI is InChI=1S/C59H42N2O2/c1-59(2)53-23-12-11-20-47(53)48-29-26-43(35-54(48)59)61(42-25-24-38-14-9-10-15-39(38)34-42)45-28-31-50-52-22-13-21-51-46(32-33-56(58(51)52)63-57(50)37-45)49-30-27-44(36-55(49)62)60(40-16-5-3-6-17-40)41-18-7-4-8-19-41/h3-37,62H,1-2H3. The van der Waals surface area contributed by atoms with Gasteiger partial charge in [-0.25, -0.2) is 0 Å². The number of nitrogens with zero attached hydrogens (tertiary/aromatic N) is 2. The van der Waals surface area contributed by atoms with Crippen LogP contribution in [0.4, 0.5) is 34.1 Å². The molecule has 1 aliphatic heterocycles. The second kappa shape index (κ2) is 14.3. The summed E-state index contributed by atoms with van der Waals surface area (Å²) in [6.07, 6.45) is 0. The predicted octanol–water partition coefficient (Wildman–Crippen LogP) is 16.4. The number of benzene rings is 10. The molecule has 12 rings (SSSR count). The molecule has 1 heterocycles. The van der Waals surface area contributed by atoms with Crippen LogP contribution in [0.25, 0.3) is 54.9 Å². The summed E-state index contributed by atoms with van der Waals surface area (Å²) in [5.74, 6) is 1.80. The van der Waals surface area contributed by atoms with Gasteiger partial charge in [0.05, 0.1) is 0 Å². The fourth-order valence-electron chi connectivity index (χ4n) is 10.1. The van der Waals surface area contributed by atoms with Crippen molar-refractivity contribution in [2.75, 3.05) is 9.80 Å². The van der Waals surface area contributed by atoms with Gasteiger partial charge in [-0.1, -0.05) is 129 Å². The number of rotatable bonds is 7. The Kier molecular flexibility index (Phi) is 8.31. The zero-order valence-corrected chi connectivity index (χ0v) is 35.0. The summed E-state index contributed by atoms with van der Waals surface area (Å²) >= 11 is 0. The minimum atomic E-state index is -0.138. The smallest absolute Gasteiger partial charge is 0.137 e. The van der Waals surface area contributed by atoms with Crippen LogP contribution in [-0.2, 0) is 5.41 Å². The molecule has 4 nitrogen and oxygen atoms in total. The molecule has 0 bridgehead atoms. The van der Waals surface area contributed by atoms with Gasteiger partial charge >= 0.3 is 0 Å². The third kappa shape index (κ3) is 5.90. The highest BCUT2D eigenvalue weighted by atomic mass is 16.5. The summed E-state index contributed by atoms with van der Waals surface area (Å²) in [5, 5.41) is 16.2. The van der Waals surface area contributed by atoms with Crippen molar-refractivity contribution in [2.45, 2.75) is 19.3 Å². The van der Waals surface area contributed by atoms with E-state index >= 15 is 0 Å². The van der Waals surface area contributed by atoms with Gasteiger partial charge in [-0.3, -0.25) is 0 Å². The normalized spacial score (nSPS) is 12.9. The summed E-state index contributed by atoms with van der Waals surface area (Å²) in [6.45, 7) is 4.67. The largest absolute Gasteiger partial charge is 0.507 e. The van der Waals surface area contributed by atoms with E-state index < -0.39 is 0 Å². The van der Waals surface area contributed by atoms with Gasteiger partial charge in [0.1, 0.15) is 17.2 Å². The van der Waals surface area contributed by atoms with Crippen LogP contribution in [0.3, 0.4) is 0 Å². The molecule has 0 unspecified atom stereocenters. The van der Waals surface area contributed by atoms with Crippen LogP contribution in [0.5, 0.6) is 17.2 Å². The molecule has 0 amide bonds. The van der Waals surface area contributed by atoms with E-state index in [4.69, 9.17) is 4.74 Å². The highest BCUT2D eigenvalue weighted by Gasteiger charge is 2.36. The maximum Gasteiger partial charge on any atom is 0.137 e. The maximum atomic E-state index is 11.8. The summed E-state index contributed by atoms with van der Waals surface area (Å²) in [7, 11) is 0. The number of ether oxygens (including phenoxy) is 1. The van der Waals surface area contributed by atoms with Crippen molar-refractivity contribution in [1.82, 2.24) is 0 Å². The van der Waals surface area contributed by atoms with E-state index in [2.05, 4.69) is 181 Å². The Bertz CT molecular complexity index is 3390. The van der Waals surface area contributed by atoms with E-state index in [0.29, 0.717) is 0 Å². The Morgan fingerprint density at radius 3 is 1.68 bits per heavy atom. The van der Waals surface area contributed by atoms with E-state index in [1.807, 2.05) is 54.6 Å². The maximum absolute atomic E-state index is 11.8. The van der Waals surface area contributed by atoms with Crippen molar-refractivity contribution in [2.24, 2.45) is 0 Å². The zero-order chi connectivity index (χ0) is 42.2. The molecule has 1 aliphatic carbocycles. The molecule has 10 aromatic carbocycles. The first-order valence-electron chi connectivity index (χ1n) is 21.6. The number of aromatic hydroxyl groups is 1. The molecule has 0 spiro atoms. The lowest BCUT2D eigenvalue weighted by Gasteiger charge is -2.30. The number of hydrogen-bond donors (Lipinski definition) is 1. The minimum Gasteiger partial charge on any atom is -0.507 e. The van der Waals surface area contributed by atoms with E-state index in [1.165, 1.54) is 33.0 Å². The number of anilines is 6. The Labute approximate surface area is 367 Å². The minimum absolute atomic E-state index is 0.138. The van der Waals surface area contributed by atoms with Gasteiger partial charge in [0, 0.05) is 68.2 Å². The van der Waals surface area contributed by atoms with Gasteiger partial charge in [-0.05, 0) is 134 Å². The van der Waals surface area contributed by atoms with Crippen LogP contribution in [0.2, 0.25) is 0 Å². The van der Waals surface area contributed by atoms with Crippen molar-refractivity contribution in [3.63, 3.8) is 0 Å². The Hall–Kier alpha value is -8.08. The van der Waals surface area contributed by atoms with Crippen LogP contribution in [-0.4, -0.2) is 5.11 Å². The molecule has 0 aromatic heterocycles. The van der Waals surface area contributed by atoms with Crippen molar-refractivity contribution in [3.05, 3.63) is 223 Å². The van der Waals surface area contributed by atoms with Crippen LogP contribution < -0.4 is 14.5 Å². The summed E-state index contributed by atoms with van der Waals surface area (Å²) in [4.78, 5) is 4.52. The van der Waals surface area contributed by atoms with E-state index in [1.54, 1.807) is 0 Å². The third-order valence-electron chi connectivity index (χ3n) is 13.1. The summed E-state index contributed by atoms with van der Waals surface area (Å²) in [5.41, 5.74) is 15.0. The fraction of sp³-hybridized carbons (Fsp3) is 0.0508. The zero-order valence-electron chi connectivity index (χ0n) is 35.0. The molecule has 63 heavy (non-hydrogen) atoms. The number of hydrogen-bond acceptors (Lipinski definition) is 4. The number of para-hydroxylation sites is 2. The lowest BCUT2D eigenvalue weighted by molar-refractivity contribution is 0.477. The highest BCUT2D eigenvalue weighted by molar-refractivity contribution is 6.10. The molecular weight excluding hydrogens is 769 g/mol. The van der Waals surface area contributed by atoms with Crippen LogP contribution in [0, 0.1) is 0 Å². The average molecular weight is 811 g/mol. The number of phenols is 1. The molecule has 0 fully saturated rings. The Morgan fingerprint density at radius 1 is 0.365 bits per heavy atom. The Morgan fingerprint density at radius 2 is 0.921 bits per heavy atom. The van der Waals surface area contributed by atoms with Crippen LogP contribution in [0.1, 0.15) is 25.0 Å². The van der Waals surface area contributed by atoms with Crippen LogP contribution in [0.15, 0.2) is 212 Å². The number of fused-ring (bicyclic) bond motifs is 6. The SMILES string of the molecule is CC1(C)c2ccccc2-c2ccc(N(c3ccc4c(c3)Oc3ccc(-c5ccc(N(c6ccccc6)c6ccccc6)cc5O)c5cccc-4c35)c3ccc4ccccc4c3)cc21. The monoisotopic (exact) mass is 810 g/mol. The second-order valence-corrected chi connectivity index (χ2v) is 17.1. The molecule has 1 N–H and O–H groups in total. The molecule has 0 atom stereocenters. The highest BCUT2D eigenvalue weighted by Crippen LogP contribution is 2.54. The van der Waals surface area contributed by atoms with Crippen molar-refractivity contribution >= 4 is 55.7 Å². The Balaban J connectivity index is 0.952. The fourth-order valence-corrected chi connectivity index (χ4v) is 10.1. The van der Waals surface area contributed by atoms with Gasteiger partial charge in [0.15, 0.2) is 0 Å². The molecule has 0 saturated carbocycles. The molecular formula is C59H42N2O2. The lowest BCUT2D eigenvalue weighted by Crippen LogP contribution is -2.16. The summed E-state index contributed by atoms with van der Waals surface area (Å²) < 4.78 is 6.91. The van der Waals surface area contributed by atoms with Gasteiger partial charge < -0.3 is 19.6 Å². The first-order valence-corrected chi connectivity index (χ1v) is 21.6. The molecule has 0 saturated heterocycles. The molecule has 4 heteroatoms.